The van der Waals surface area contributed by atoms with E-state index in [4.69, 9.17) is 9.47 Å². The maximum atomic E-state index is 11.7. The van der Waals surface area contributed by atoms with Crippen molar-refractivity contribution in [3.63, 3.8) is 0 Å². The summed E-state index contributed by atoms with van der Waals surface area (Å²) < 4.78 is 10.2. The molecule has 4 nitrogen and oxygen atoms in total. The minimum absolute atomic E-state index is 0.0276. The molecule has 0 fully saturated rings. The van der Waals surface area contributed by atoms with Gasteiger partial charge < -0.3 is 9.47 Å². The maximum absolute atomic E-state index is 11.7. The first-order valence-corrected chi connectivity index (χ1v) is 9.63. The van der Waals surface area contributed by atoms with E-state index in [9.17, 15) is 9.59 Å². The lowest BCUT2D eigenvalue weighted by atomic mass is 10.1. The number of ether oxygens (including phenoxy) is 2. The molecule has 0 aromatic heterocycles. The molecule has 152 valence electrons. The minimum atomic E-state index is -0.415. The van der Waals surface area contributed by atoms with Gasteiger partial charge in [0.15, 0.2) is 0 Å². The third-order valence-electron chi connectivity index (χ3n) is 3.78. The van der Waals surface area contributed by atoms with Gasteiger partial charge >= 0.3 is 11.9 Å². The van der Waals surface area contributed by atoms with Crippen molar-refractivity contribution in [2.24, 2.45) is 0 Å². The van der Waals surface area contributed by atoms with E-state index in [0.29, 0.717) is 0 Å². The summed E-state index contributed by atoms with van der Waals surface area (Å²) in [5.74, 6) is -0.800. The summed E-state index contributed by atoms with van der Waals surface area (Å²) in [4.78, 5) is 23.4. The summed E-state index contributed by atoms with van der Waals surface area (Å²) >= 11 is 0. The quantitative estimate of drug-likeness (QED) is 0.231. The lowest BCUT2D eigenvalue weighted by molar-refractivity contribution is -0.147. The van der Waals surface area contributed by atoms with Gasteiger partial charge in [0, 0.05) is 0 Å². The first kappa shape index (κ1) is 24.9. The van der Waals surface area contributed by atoms with E-state index in [1.165, 1.54) is 23.0 Å². The zero-order valence-corrected chi connectivity index (χ0v) is 17.9. The van der Waals surface area contributed by atoms with Crippen molar-refractivity contribution >= 4 is 11.9 Å². The van der Waals surface area contributed by atoms with Crippen LogP contribution in [0, 0.1) is 0 Å². The van der Waals surface area contributed by atoms with Crippen molar-refractivity contribution in [1.82, 2.24) is 0 Å². The Morgan fingerprint density at radius 1 is 0.667 bits per heavy atom. The molecule has 0 atom stereocenters. The predicted octanol–water partition coefficient (Wildman–Crippen LogP) is 6.20. The number of allylic oxidation sites excluding steroid dienone is 6. The Labute approximate surface area is 165 Å². The van der Waals surface area contributed by atoms with Gasteiger partial charge in [-0.25, -0.2) is 0 Å². The summed E-state index contributed by atoms with van der Waals surface area (Å²) in [6.45, 7) is 12.5. The van der Waals surface area contributed by atoms with E-state index >= 15 is 0 Å². The second-order valence-electron chi connectivity index (χ2n) is 7.33. The Balaban J connectivity index is 3.98. The summed E-state index contributed by atoms with van der Waals surface area (Å²) in [5, 5.41) is 0. The number of carbonyl (C=O) groups excluding carboxylic acids is 2. The topological polar surface area (TPSA) is 52.6 Å². The van der Waals surface area contributed by atoms with Gasteiger partial charge in [-0.3, -0.25) is 9.59 Å². The van der Waals surface area contributed by atoms with Crippen molar-refractivity contribution in [1.29, 1.82) is 0 Å². The van der Waals surface area contributed by atoms with Crippen LogP contribution < -0.4 is 0 Å². The third kappa shape index (κ3) is 17.1. The molecule has 0 aliphatic heterocycles. The average molecular weight is 377 g/mol. The molecule has 27 heavy (non-hydrogen) atoms. The van der Waals surface area contributed by atoms with Crippen LogP contribution in [0.1, 0.15) is 80.1 Å². The molecular weight excluding hydrogens is 340 g/mol. The lowest BCUT2D eigenvalue weighted by Gasteiger charge is -2.04. The molecule has 0 aromatic carbocycles. The summed E-state index contributed by atoms with van der Waals surface area (Å²) in [5.41, 5.74) is 4.76. The van der Waals surface area contributed by atoms with Crippen LogP contribution in [-0.4, -0.2) is 18.5 Å². The van der Waals surface area contributed by atoms with Gasteiger partial charge in [0.1, 0.15) is 6.61 Å². The molecule has 0 saturated carbocycles. The van der Waals surface area contributed by atoms with Gasteiger partial charge in [-0.05, 0) is 78.9 Å². The van der Waals surface area contributed by atoms with Crippen LogP contribution >= 0.6 is 0 Å². The number of carbonyl (C=O) groups is 2. The van der Waals surface area contributed by atoms with Gasteiger partial charge in [0.25, 0.3) is 0 Å². The summed E-state index contributed by atoms with van der Waals surface area (Å²) in [6, 6.07) is 0. The van der Waals surface area contributed by atoms with Crippen LogP contribution in [-0.2, 0) is 19.1 Å². The molecule has 4 heteroatoms. The Morgan fingerprint density at radius 3 is 1.74 bits per heavy atom. The number of esters is 2. The second kappa shape index (κ2) is 15.0. The predicted molar refractivity (Wildman–Crippen MR) is 111 cm³/mol. The minimum Gasteiger partial charge on any atom is -0.461 e. The Morgan fingerprint density at radius 2 is 1.19 bits per heavy atom. The zero-order valence-electron chi connectivity index (χ0n) is 17.9. The monoisotopic (exact) mass is 376 g/mol. The third-order valence-corrected chi connectivity index (χ3v) is 3.78. The van der Waals surface area contributed by atoms with Crippen LogP contribution in [0.25, 0.3) is 0 Å². The fraction of sp³-hybridized carbons (Fsp3) is 0.565. The van der Waals surface area contributed by atoms with Gasteiger partial charge in [-0.2, -0.15) is 0 Å². The standard InChI is InChI=1S/C23H36O4/c1-18(2)9-7-11-20(5)15-16-26-22(24)13-14-23(25)27-17-21(6)12-8-10-19(3)4/h9-10,15,17H,7-8,11-14,16H2,1-6H3. The maximum Gasteiger partial charge on any atom is 0.311 e. The fourth-order valence-corrected chi connectivity index (χ4v) is 2.12. The van der Waals surface area contributed by atoms with Crippen LogP contribution in [0.2, 0.25) is 0 Å². The van der Waals surface area contributed by atoms with E-state index < -0.39 is 5.97 Å². The van der Waals surface area contributed by atoms with E-state index in [-0.39, 0.29) is 25.4 Å². The summed E-state index contributed by atoms with van der Waals surface area (Å²) in [6.07, 6.45) is 11.5. The van der Waals surface area contributed by atoms with E-state index in [2.05, 4.69) is 39.8 Å². The number of rotatable bonds is 12. The van der Waals surface area contributed by atoms with Gasteiger partial charge in [-0.1, -0.05) is 28.9 Å². The van der Waals surface area contributed by atoms with Crippen LogP contribution in [0.3, 0.4) is 0 Å². The normalized spacial score (nSPS) is 11.6. The van der Waals surface area contributed by atoms with Gasteiger partial charge in [-0.15, -0.1) is 0 Å². The molecule has 0 N–H and O–H groups in total. The molecule has 0 saturated heterocycles. The molecule has 0 radical (unpaired) electrons. The Hall–Kier alpha value is -2.10. The van der Waals surface area contributed by atoms with Crippen molar-refractivity contribution in [2.45, 2.75) is 80.1 Å². The van der Waals surface area contributed by atoms with Crippen LogP contribution in [0.5, 0.6) is 0 Å². The lowest BCUT2D eigenvalue weighted by Crippen LogP contribution is -2.09. The number of hydrogen-bond acceptors (Lipinski definition) is 4. The molecule has 0 unspecified atom stereocenters. The van der Waals surface area contributed by atoms with Crippen molar-refractivity contribution in [3.8, 4) is 0 Å². The Bertz CT molecular complexity index is 583. The molecule has 0 aliphatic rings. The molecule has 0 amide bonds. The van der Waals surface area contributed by atoms with Gasteiger partial charge in [0.05, 0.1) is 19.1 Å². The van der Waals surface area contributed by atoms with Gasteiger partial charge in [0.2, 0.25) is 0 Å². The van der Waals surface area contributed by atoms with Crippen molar-refractivity contribution < 1.29 is 19.1 Å². The molecule has 0 spiro atoms. The zero-order chi connectivity index (χ0) is 20.7. The summed E-state index contributed by atoms with van der Waals surface area (Å²) in [7, 11) is 0. The first-order valence-electron chi connectivity index (χ1n) is 9.63. The average Bonchev–Trinajstić information content (AvgIpc) is 2.57. The van der Waals surface area contributed by atoms with Crippen LogP contribution in [0.15, 0.2) is 46.8 Å². The fourth-order valence-electron chi connectivity index (χ4n) is 2.12. The van der Waals surface area contributed by atoms with E-state index in [1.54, 1.807) is 0 Å². The van der Waals surface area contributed by atoms with Crippen molar-refractivity contribution in [3.05, 3.63) is 46.8 Å². The Kier molecular flexibility index (Phi) is 13.8. The number of hydrogen-bond donors (Lipinski definition) is 0. The largest absolute Gasteiger partial charge is 0.461 e. The molecule has 0 heterocycles. The van der Waals surface area contributed by atoms with E-state index in [0.717, 1.165) is 31.3 Å². The molecule has 0 aromatic rings. The second-order valence-corrected chi connectivity index (χ2v) is 7.33. The highest BCUT2D eigenvalue weighted by Crippen LogP contribution is 2.08. The van der Waals surface area contributed by atoms with Crippen LogP contribution in [0.4, 0.5) is 0 Å². The highest BCUT2D eigenvalue weighted by atomic mass is 16.5. The molecule has 0 aliphatic carbocycles. The molecular formula is C23H36O4. The van der Waals surface area contributed by atoms with Crippen molar-refractivity contribution in [2.75, 3.05) is 6.61 Å². The molecule has 0 bridgehead atoms. The SMILES string of the molecule is CC(C)=CCCC(C)=CCOC(=O)CCC(=O)OC=C(C)CCC=C(C)C. The first-order chi connectivity index (χ1) is 12.7. The highest BCUT2D eigenvalue weighted by molar-refractivity contribution is 5.78. The highest BCUT2D eigenvalue weighted by Gasteiger charge is 2.08. The van der Waals surface area contributed by atoms with E-state index in [1.807, 2.05) is 19.9 Å². The molecule has 0 rings (SSSR count). The smallest absolute Gasteiger partial charge is 0.311 e.